The van der Waals surface area contributed by atoms with E-state index in [0.29, 0.717) is 10.8 Å². The first-order valence-electron chi connectivity index (χ1n) is 11.1. The van der Waals surface area contributed by atoms with Crippen LogP contribution < -0.4 is 0 Å². The SMILES string of the molecule is CCC(C)(C)C(C)C(C)C(C)C(C)C(C)(C)C(C)C(C)C(C)C(C)C. The van der Waals surface area contributed by atoms with Gasteiger partial charge in [0.15, 0.2) is 0 Å². The second kappa shape index (κ2) is 9.27. The Balaban J connectivity index is 5.31. The van der Waals surface area contributed by atoms with E-state index in [2.05, 4.69) is 96.9 Å². The summed E-state index contributed by atoms with van der Waals surface area (Å²) in [5.74, 6) is 6.06. The Morgan fingerprint density at radius 1 is 0.520 bits per heavy atom. The van der Waals surface area contributed by atoms with Crippen LogP contribution >= 0.6 is 0 Å². The standard InChI is InChI=1S/C25H52/c1-15-24(11,12)21(8)19(6)20(7)23(10)25(13,14)22(9)18(5)17(4)16(2)3/h16-23H,15H2,1-14H3. The van der Waals surface area contributed by atoms with Crippen molar-refractivity contribution in [1.29, 1.82) is 0 Å². The summed E-state index contributed by atoms with van der Waals surface area (Å²) in [6, 6.07) is 0. The lowest BCUT2D eigenvalue weighted by Gasteiger charge is -2.48. The Labute approximate surface area is 161 Å². The van der Waals surface area contributed by atoms with Gasteiger partial charge in [0, 0.05) is 0 Å². The maximum Gasteiger partial charge on any atom is -0.0298 e. The molecule has 0 aromatic rings. The van der Waals surface area contributed by atoms with Crippen LogP contribution in [-0.4, -0.2) is 0 Å². The highest BCUT2D eigenvalue weighted by molar-refractivity contribution is 4.90. The Kier molecular flexibility index (Phi) is 9.27. The molecule has 0 amide bonds. The summed E-state index contributed by atoms with van der Waals surface area (Å²) in [5.41, 5.74) is 0.801. The fourth-order valence-electron chi connectivity index (χ4n) is 4.78. The van der Waals surface area contributed by atoms with Gasteiger partial charge >= 0.3 is 0 Å². The Bertz CT molecular complexity index is 375. The largest absolute Gasteiger partial charge is 0.0649 e. The molecule has 0 saturated carbocycles. The minimum atomic E-state index is 0.367. The molecule has 0 fully saturated rings. The normalized spacial score (nSPS) is 22.2. The Morgan fingerprint density at radius 3 is 1.16 bits per heavy atom. The van der Waals surface area contributed by atoms with Crippen LogP contribution in [0.2, 0.25) is 0 Å². The van der Waals surface area contributed by atoms with Crippen LogP contribution in [0.3, 0.4) is 0 Å². The van der Waals surface area contributed by atoms with Crippen LogP contribution in [0.1, 0.15) is 103 Å². The van der Waals surface area contributed by atoms with Crippen molar-refractivity contribution in [1.82, 2.24) is 0 Å². The summed E-state index contributed by atoms with van der Waals surface area (Å²) < 4.78 is 0. The monoisotopic (exact) mass is 352 g/mol. The summed E-state index contributed by atoms with van der Waals surface area (Å²) in [4.78, 5) is 0. The van der Waals surface area contributed by atoms with Gasteiger partial charge < -0.3 is 0 Å². The molecule has 0 heteroatoms. The van der Waals surface area contributed by atoms with E-state index >= 15 is 0 Å². The summed E-state index contributed by atoms with van der Waals surface area (Å²) in [6.07, 6.45) is 1.27. The second-order valence-corrected chi connectivity index (χ2v) is 11.2. The number of rotatable bonds is 10. The fourth-order valence-corrected chi connectivity index (χ4v) is 4.78. The lowest BCUT2D eigenvalue weighted by molar-refractivity contribution is 0.00399. The summed E-state index contributed by atoms with van der Waals surface area (Å²) in [5, 5.41) is 0. The first-order chi connectivity index (χ1) is 11.1. The van der Waals surface area contributed by atoms with Gasteiger partial charge in [0.1, 0.15) is 0 Å². The molecule has 0 N–H and O–H groups in total. The summed E-state index contributed by atoms with van der Waals surface area (Å²) >= 11 is 0. The van der Waals surface area contributed by atoms with E-state index in [1.165, 1.54) is 6.42 Å². The molecule has 7 atom stereocenters. The highest BCUT2D eigenvalue weighted by Gasteiger charge is 2.42. The van der Waals surface area contributed by atoms with Crippen molar-refractivity contribution in [3.63, 3.8) is 0 Å². The molecule has 0 radical (unpaired) electrons. The quantitative estimate of drug-likeness (QED) is 0.369. The van der Waals surface area contributed by atoms with E-state index in [-0.39, 0.29) is 0 Å². The van der Waals surface area contributed by atoms with Crippen LogP contribution in [0.25, 0.3) is 0 Å². The van der Waals surface area contributed by atoms with Crippen molar-refractivity contribution in [2.45, 2.75) is 103 Å². The molecule has 0 nitrogen and oxygen atoms in total. The molecule has 0 aliphatic carbocycles. The molecule has 0 aliphatic rings. The molecular weight excluding hydrogens is 300 g/mol. The van der Waals surface area contributed by atoms with E-state index in [9.17, 15) is 0 Å². The van der Waals surface area contributed by atoms with Gasteiger partial charge in [0.25, 0.3) is 0 Å². The van der Waals surface area contributed by atoms with Crippen molar-refractivity contribution in [3.8, 4) is 0 Å². The summed E-state index contributed by atoms with van der Waals surface area (Å²) in [7, 11) is 0. The molecule has 0 saturated heterocycles. The predicted octanol–water partition coefficient (Wildman–Crippen LogP) is 8.56. The highest BCUT2D eigenvalue weighted by atomic mass is 14.5. The molecule has 25 heavy (non-hydrogen) atoms. The maximum absolute atomic E-state index is 2.53. The zero-order chi connectivity index (χ0) is 20.3. The molecule has 0 heterocycles. The first-order valence-corrected chi connectivity index (χ1v) is 11.1. The highest BCUT2D eigenvalue weighted by Crippen LogP contribution is 2.49. The smallest absolute Gasteiger partial charge is 0.0298 e. The molecule has 152 valence electrons. The van der Waals surface area contributed by atoms with Crippen molar-refractivity contribution < 1.29 is 0 Å². The van der Waals surface area contributed by atoms with Crippen molar-refractivity contribution in [2.24, 2.45) is 58.2 Å². The van der Waals surface area contributed by atoms with Crippen LogP contribution in [0.15, 0.2) is 0 Å². The van der Waals surface area contributed by atoms with Crippen LogP contribution in [0, 0.1) is 58.2 Å². The van der Waals surface area contributed by atoms with Crippen molar-refractivity contribution in [2.75, 3.05) is 0 Å². The zero-order valence-electron chi connectivity index (χ0n) is 20.3. The molecule has 0 bridgehead atoms. The summed E-state index contributed by atoms with van der Waals surface area (Å²) in [6.45, 7) is 34.5. The fraction of sp³-hybridized carbons (Fsp3) is 1.00. The maximum atomic E-state index is 2.53. The van der Waals surface area contributed by atoms with Crippen molar-refractivity contribution in [3.05, 3.63) is 0 Å². The number of hydrogen-bond donors (Lipinski definition) is 0. The van der Waals surface area contributed by atoms with Gasteiger partial charge in [-0.1, -0.05) is 103 Å². The molecule has 0 aromatic carbocycles. The van der Waals surface area contributed by atoms with Crippen molar-refractivity contribution >= 4 is 0 Å². The first kappa shape index (κ1) is 25.0. The number of hydrogen-bond acceptors (Lipinski definition) is 0. The average molecular weight is 353 g/mol. The van der Waals surface area contributed by atoms with Gasteiger partial charge in [0.2, 0.25) is 0 Å². The van der Waals surface area contributed by atoms with Crippen LogP contribution in [0.4, 0.5) is 0 Å². The molecule has 0 rings (SSSR count). The minimum Gasteiger partial charge on any atom is -0.0649 e. The third-order valence-electron chi connectivity index (χ3n) is 9.57. The van der Waals surface area contributed by atoms with E-state index in [1.807, 2.05) is 0 Å². The minimum absolute atomic E-state index is 0.367. The van der Waals surface area contributed by atoms with E-state index in [4.69, 9.17) is 0 Å². The van der Waals surface area contributed by atoms with Gasteiger partial charge in [-0.2, -0.15) is 0 Å². The molecule has 0 aromatic heterocycles. The third-order valence-corrected chi connectivity index (χ3v) is 9.57. The second-order valence-electron chi connectivity index (χ2n) is 11.2. The third kappa shape index (κ3) is 5.74. The average Bonchev–Trinajstić information content (AvgIpc) is 2.56. The van der Waals surface area contributed by atoms with Crippen LogP contribution in [-0.2, 0) is 0 Å². The topological polar surface area (TPSA) is 0 Å². The van der Waals surface area contributed by atoms with E-state index in [0.717, 1.165) is 47.3 Å². The van der Waals surface area contributed by atoms with Gasteiger partial charge in [-0.15, -0.1) is 0 Å². The van der Waals surface area contributed by atoms with Crippen LogP contribution in [0.5, 0.6) is 0 Å². The Morgan fingerprint density at radius 2 is 0.840 bits per heavy atom. The van der Waals surface area contributed by atoms with E-state index < -0.39 is 0 Å². The molecule has 0 aliphatic heterocycles. The lowest BCUT2D eigenvalue weighted by Crippen LogP contribution is -2.42. The van der Waals surface area contributed by atoms with Gasteiger partial charge in [-0.05, 0) is 58.2 Å². The lowest BCUT2D eigenvalue weighted by atomic mass is 9.57. The molecule has 7 unspecified atom stereocenters. The zero-order valence-corrected chi connectivity index (χ0v) is 20.3. The Hall–Kier alpha value is 0. The predicted molar refractivity (Wildman–Crippen MR) is 117 cm³/mol. The molecular formula is C25H52. The van der Waals surface area contributed by atoms with Gasteiger partial charge in [-0.3, -0.25) is 0 Å². The van der Waals surface area contributed by atoms with E-state index in [1.54, 1.807) is 0 Å². The van der Waals surface area contributed by atoms with Gasteiger partial charge in [0.05, 0.1) is 0 Å². The van der Waals surface area contributed by atoms with Gasteiger partial charge in [-0.25, -0.2) is 0 Å². The molecule has 0 spiro atoms.